The lowest BCUT2D eigenvalue weighted by Crippen LogP contribution is -2.56. The van der Waals surface area contributed by atoms with Crippen molar-refractivity contribution in [2.45, 2.75) is 17.3 Å². The molecule has 1 aliphatic rings. The number of nitrogens with one attached hydrogen (secondary N) is 1. The minimum Gasteiger partial charge on any atom is -0.480 e. The van der Waals surface area contributed by atoms with Gasteiger partial charge in [-0.15, -0.1) is 13.2 Å². The van der Waals surface area contributed by atoms with Crippen LogP contribution in [0.5, 0.6) is 5.75 Å². The van der Waals surface area contributed by atoms with Crippen LogP contribution < -0.4 is 10.1 Å². The van der Waals surface area contributed by atoms with Gasteiger partial charge in [-0.25, -0.2) is 8.42 Å². The molecule has 1 aromatic rings. The van der Waals surface area contributed by atoms with E-state index in [1.807, 2.05) is 0 Å². The van der Waals surface area contributed by atoms with Gasteiger partial charge in [0.05, 0.1) is 4.90 Å². The van der Waals surface area contributed by atoms with E-state index in [9.17, 15) is 26.4 Å². The Morgan fingerprint density at radius 1 is 1.30 bits per heavy atom. The van der Waals surface area contributed by atoms with E-state index in [-0.39, 0.29) is 24.5 Å². The first-order valence-electron chi connectivity index (χ1n) is 6.42. The lowest BCUT2D eigenvalue weighted by atomic mass is 10.2. The molecule has 0 spiro atoms. The van der Waals surface area contributed by atoms with Crippen LogP contribution in [0.1, 0.15) is 0 Å². The molecule has 2 rings (SSSR count). The third-order valence-electron chi connectivity index (χ3n) is 3.14. The van der Waals surface area contributed by atoms with Crippen molar-refractivity contribution in [3.8, 4) is 5.75 Å². The Kier molecular flexibility index (Phi) is 4.82. The Balaban J connectivity index is 2.26. The number of ether oxygens (including phenoxy) is 1. The van der Waals surface area contributed by atoms with E-state index in [1.165, 1.54) is 0 Å². The number of rotatable bonds is 4. The summed E-state index contributed by atoms with van der Waals surface area (Å²) < 4.78 is 65.7. The first-order chi connectivity index (χ1) is 10.6. The molecule has 1 saturated heterocycles. The molecule has 1 aliphatic heterocycles. The van der Waals surface area contributed by atoms with Gasteiger partial charge >= 0.3 is 12.3 Å². The lowest BCUT2D eigenvalue weighted by Gasteiger charge is -2.32. The second-order valence-electron chi connectivity index (χ2n) is 4.69. The smallest absolute Gasteiger partial charge is 0.480 e. The maximum absolute atomic E-state index is 12.5. The van der Waals surface area contributed by atoms with Gasteiger partial charge in [-0.05, 0) is 24.3 Å². The topological polar surface area (TPSA) is 95.9 Å². The van der Waals surface area contributed by atoms with Crippen molar-refractivity contribution in [1.82, 2.24) is 9.62 Å². The molecule has 0 radical (unpaired) electrons. The van der Waals surface area contributed by atoms with Crippen LogP contribution in [0.4, 0.5) is 13.2 Å². The molecule has 1 aromatic carbocycles. The number of carboxylic acid groups (broad SMARTS) is 1. The fourth-order valence-electron chi connectivity index (χ4n) is 2.13. The molecule has 7 nitrogen and oxygen atoms in total. The van der Waals surface area contributed by atoms with E-state index < -0.39 is 34.1 Å². The monoisotopic (exact) mass is 354 g/mol. The maximum atomic E-state index is 12.5. The van der Waals surface area contributed by atoms with E-state index in [2.05, 4.69) is 10.1 Å². The van der Waals surface area contributed by atoms with E-state index in [0.717, 1.165) is 28.6 Å². The average Bonchev–Trinajstić information content (AvgIpc) is 2.46. The van der Waals surface area contributed by atoms with Crippen molar-refractivity contribution in [3.63, 3.8) is 0 Å². The van der Waals surface area contributed by atoms with Gasteiger partial charge in [0.25, 0.3) is 0 Å². The SMILES string of the molecule is O=C(O)C1CNCCN1S(=O)(=O)c1ccc(OC(F)(F)F)cc1. The van der Waals surface area contributed by atoms with E-state index in [0.29, 0.717) is 0 Å². The highest BCUT2D eigenvalue weighted by Gasteiger charge is 2.38. The van der Waals surface area contributed by atoms with Gasteiger partial charge in [-0.3, -0.25) is 4.79 Å². The van der Waals surface area contributed by atoms with Gasteiger partial charge in [0.2, 0.25) is 10.0 Å². The van der Waals surface area contributed by atoms with Gasteiger partial charge in [-0.1, -0.05) is 0 Å². The molecule has 23 heavy (non-hydrogen) atoms. The van der Waals surface area contributed by atoms with Crippen LogP contribution in [0.15, 0.2) is 29.2 Å². The van der Waals surface area contributed by atoms with Crippen LogP contribution in [-0.2, 0) is 14.8 Å². The van der Waals surface area contributed by atoms with Crippen molar-refractivity contribution in [2.75, 3.05) is 19.6 Å². The quantitative estimate of drug-likeness (QED) is 0.824. The molecule has 11 heteroatoms. The number of alkyl halides is 3. The predicted molar refractivity (Wildman–Crippen MR) is 71.3 cm³/mol. The second-order valence-corrected chi connectivity index (χ2v) is 6.58. The predicted octanol–water partition coefficient (Wildman–Crippen LogP) is 0.632. The molecule has 1 atom stereocenters. The number of benzene rings is 1. The molecule has 1 heterocycles. The zero-order valence-corrected chi connectivity index (χ0v) is 12.4. The van der Waals surface area contributed by atoms with Crippen molar-refractivity contribution in [2.24, 2.45) is 0 Å². The van der Waals surface area contributed by atoms with Crippen LogP contribution in [0.2, 0.25) is 0 Å². The summed E-state index contributed by atoms with van der Waals surface area (Å²) in [6.07, 6.45) is -4.88. The Hall–Kier alpha value is -1.85. The van der Waals surface area contributed by atoms with Crippen molar-refractivity contribution in [3.05, 3.63) is 24.3 Å². The van der Waals surface area contributed by atoms with Gasteiger partial charge in [0, 0.05) is 19.6 Å². The van der Waals surface area contributed by atoms with Crippen LogP contribution >= 0.6 is 0 Å². The van der Waals surface area contributed by atoms with Crippen LogP contribution in [-0.4, -0.2) is 55.8 Å². The first kappa shape index (κ1) is 17.5. The summed E-state index contributed by atoms with van der Waals surface area (Å²) in [4.78, 5) is 10.9. The maximum Gasteiger partial charge on any atom is 0.573 e. The highest BCUT2D eigenvalue weighted by molar-refractivity contribution is 7.89. The summed E-state index contributed by atoms with van der Waals surface area (Å²) in [6, 6.07) is 2.32. The van der Waals surface area contributed by atoms with Crippen molar-refractivity contribution >= 4 is 16.0 Å². The third kappa shape index (κ3) is 4.12. The highest BCUT2D eigenvalue weighted by atomic mass is 32.2. The summed E-state index contributed by atoms with van der Waals surface area (Å²) in [7, 11) is -4.14. The Morgan fingerprint density at radius 3 is 2.43 bits per heavy atom. The zero-order valence-electron chi connectivity index (χ0n) is 11.6. The molecule has 2 N–H and O–H groups in total. The van der Waals surface area contributed by atoms with E-state index >= 15 is 0 Å². The number of carboxylic acids is 1. The van der Waals surface area contributed by atoms with Crippen LogP contribution in [0.25, 0.3) is 0 Å². The summed E-state index contributed by atoms with van der Waals surface area (Å²) in [5, 5.41) is 11.9. The van der Waals surface area contributed by atoms with Gasteiger partial charge in [0.1, 0.15) is 11.8 Å². The molecule has 128 valence electrons. The standard InChI is InChI=1S/C12H13F3N2O5S/c13-12(14,15)22-8-1-3-9(4-2-8)23(20,21)17-6-5-16-7-10(17)11(18)19/h1-4,10,16H,5-7H2,(H,18,19). The molecule has 0 saturated carbocycles. The first-order valence-corrected chi connectivity index (χ1v) is 7.86. The molecule has 0 aromatic heterocycles. The van der Waals surface area contributed by atoms with E-state index in [1.54, 1.807) is 0 Å². The van der Waals surface area contributed by atoms with Gasteiger partial charge < -0.3 is 15.2 Å². The highest BCUT2D eigenvalue weighted by Crippen LogP contribution is 2.26. The molecule has 0 aliphatic carbocycles. The number of aliphatic carboxylic acids is 1. The average molecular weight is 354 g/mol. The summed E-state index contributed by atoms with van der Waals surface area (Å²) >= 11 is 0. The number of halogens is 3. The Labute approximate surface area is 129 Å². The largest absolute Gasteiger partial charge is 0.573 e. The number of nitrogens with zero attached hydrogens (tertiary/aromatic N) is 1. The fraction of sp³-hybridized carbons (Fsp3) is 0.417. The van der Waals surface area contributed by atoms with Crippen molar-refractivity contribution in [1.29, 1.82) is 0 Å². The van der Waals surface area contributed by atoms with Crippen LogP contribution in [0, 0.1) is 0 Å². The summed E-state index contributed by atoms with van der Waals surface area (Å²) in [5.41, 5.74) is 0. The number of hydrogen-bond acceptors (Lipinski definition) is 5. The van der Waals surface area contributed by atoms with Crippen molar-refractivity contribution < 1.29 is 36.2 Å². The zero-order chi connectivity index (χ0) is 17.3. The summed E-state index contributed by atoms with van der Waals surface area (Å²) in [5.74, 6) is -1.87. The summed E-state index contributed by atoms with van der Waals surface area (Å²) in [6.45, 7) is 0.169. The molecule has 1 unspecified atom stereocenters. The number of sulfonamides is 1. The number of hydrogen-bond donors (Lipinski definition) is 2. The fourth-order valence-corrected chi connectivity index (χ4v) is 3.71. The Morgan fingerprint density at radius 2 is 1.91 bits per heavy atom. The van der Waals surface area contributed by atoms with Gasteiger partial charge in [-0.2, -0.15) is 4.31 Å². The third-order valence-corrected chi connectivity index (χ3v) is 5.07. The molecule has 1 fully saturated rings. The normalized spacial score (nSPS) is 20.2. The number of carbonyl (C=O) groups is 1. The second kappa shape index (κ2) is 6.34. The number of piperazine rings is 1. The van der Waals surface area contributed by atoms with Crippen LogP contribution in [0.3, 0.4) is 0 Å². The Bertz CT molecular complexity index is 675. The molecule has 0 amide bonds. The van der Waals surface area contributed by atoms with E-state index in [4.69, 9.17) is 5.11 Å². The minimum absolute atomic E-state index is 0.0518. The molecular weight excluding hydrogens is 341 g/mol. The minimum atomic E-state index is -4.88. The van der Waals surface area contributed by atoms with Gasteiger partial charge in [0.15, 0.2) is 0 Å². The molecule has 0 bridgehead atoms. The lowest BCUT2D eigenvalue weighted by molar-refractivity contribution is -0.274. The molecular formula is C12H13F3N2O5S.